The van der Waals surface area contributed by atoms with Crippen LogP contribution in [0.2, 0.25) is 38.3 Å². The SMILES string of the molecule is CC1=CCC(C)=N1.CC[Si](C)(C)O[Si](C)(C)CC.Cc1ccc(-c2ccc(C)c(C)c2)cc1C.Cc1ccc(-c2ccc(C)cc2C(F)(F)F)c(C)c1.Cc1ccc(-c2ccc(C)cc2C)c(C)c1.Cc1ccc(C)cc1.Cc1ccc(Cc2ccc(C)cc2)cc1.Cc1ccc(Oc2ccc(C)cc2)cc1.Cc1cccc(C)c1. The Morgan fingerprint density at radius 1 is 0.304 bits per heavy atom. The molecule has 0 unspecified atom stereocenters. The second-order valence-electron chi connectivity index (χ2n) is 32.5. The lowest BCUT2D eigenvalue weighted by molar-refractivity contribution is -0.137. The minimum absolute atomic E-state index is 0.246. The number of aryl methyl sites for hydroxylation is 19. The predicted molar refractivity (Wildman–Crippen MR) is 501 cm³/mol. The smallest absolute Gasteiger partial charge is 0.417 e. The van der Waals surface area contributed by atoms with E-state index in [1.54, 1.807) is 25.1 Å². The number of aliphatic imine (C=N–C) groups is 1. The second kappa shape index (κ2) is 46.5. The lowest BCUT2D eigenvalue weighted by Gasteiger charge is -2.32. The van der Waals surface area contributed by atoms with E-state index < -0.39 is 28.4 Å². The Kier molecular flexibility index (Phi) is 38.7. The van der Waals surface area contributed by atoms with Crippen molar-refractivity contribution in [1.29, 1.82) is 0 Å². The Balaban J connectivity index is 0.000000234. The van der Waals surface area contributed by atoms with Gasteiger partial charge in [-0.1, -0.05) is 311 Å². The number of ether oxygens (including phenoxy) is 1. The molecule has 0 bridgehead atoms. The molecular weight excluding hydrogens is 1440 g/mol. The monoisotopic (exact) mass is 1580 g/mol. The van der Waals surface area contributed by atoms with Crippen molar-refractivity contribution in [2.24, 2.45) is 4.99 Å². The van der Waals surface area contributed by atoms with E-state index in [0.29, 0.717) is 11.1 Å². The van der Waals surface area contributed by atoms with Crippen LogP contribution in [0.1, 0.15) is 157 Å². The van der Waals surface area contributed by atoms with Crippen molar-refractivity contribution in [3.63, 3.8) is 0 Å². The minimum Gasteiger partial charge on any atom is -0.457 e. The van der Waals surface area contributed by atoms with Gasteiger partial charge in [0.05, 0.1) is 5.56 Å². The quantitative estimate of drug-likeness (QED) is 0.121. The lowest BCUT2D eigenvalue weighted by atomic mass is 9.93. The molecule has 0 N–H and O–H groups in total. The fourth-order valence-electron chi connectivity index (χ4n) is 12.3. The van der Waals surface area contributed by atoms with Gasteiger partial charge in [0.1, 0.15) is 11.5 Å². The molecule has 606 valence electrons. The second-order valence-corrected chi connectivity index (χ2v) is 41.8. The van der Waals surface area contributed by atoms with Gasteiger partial charge in [-0.3, -0.25) is 4.99 Å². The zero-order valence-corrected chi connectivity index (χ0v) is 76.6. The first-order chi connectivity index (χ1) is 54.1. The molecule has 0 saturated heterocycles. The van der Waals surface area contributed by atoms with Crippen molar-refractivity contribution >= 4 is 22.3 Å². The summed E-state index contributed by atoms with van der Waals surface area (Å²) >= 11 is 0. The van der Waals surface area contributed by atoms with E-state index >= 15 is 0 Å². The number of nitrogens with zero attached hydrogens (tertiary/aromatic N) is 1. The van der Waals surface area contributed by atoms with Crippen LogP contribution in [0.5, 0.6) is 11.5 Å². The molecule has 1 aliphatic heterocycles. The van der Waals surface area contributed by atoms with Crippen LogP contribution in [0, 0.1) is 132 Å². The third-order valence-electron chi connectivity index (χ3n) is 20.2. The summed E-state index contributed by atoms with van der Waals surface area (Å²) in [6.07, 6.45) is -0.111. The predicted octanol–water partition coefficient (Wildman–Crippen LogP) is 32.3. The molecule has 0 saturated carbocycles. The summed E-state index contributed by atoms with van der Waals surface area (Å²) in [6, 6.07) is 89.6. The van der Waals surface area contributed by atoms with Crippen LogP contribution in [0.25, 0.3) is 33.4 Å². The van der Waals surface area contributed by atoms with Gasteiger partial charge in [-0.25, -0.2) is 0 Å². The molecule has 0 amide bonds. The fraction of sp³-hybridized carbons (Fsp3) is 0.299. The number of benzene rings is 12. The Labute approximate surface area is 695 Å². The number of halogens is 3. The van der Waals surface area contributed by atoms with Gasteiger partial charge in [0.25, 0.3) is 0 Å². The number of rotatable bonds is 11. The zero-order chi connectivity index (χ0) is 85.3. The van der Waals surface area contributed by atoms with Gasteiger partial charge in [-0.15, -0.1) is 0 Å². The van der Waals surface area contributed by atoms with E-state index in [1.807, 2.05) is 88.4 Å². The van der Waals surface area contributed by atoms with Crippen LogP contribution in [-0.4, -0.2) is 22.3 Å². The normalized spacial score (nSPS) is 11.3. The molecule has 12 aromatic rings. The standard InChI is InChI=1S/C16H15F3.2C16H18.C15H16.C14H14O.C8H22OSi2.2C8H10.C6H9N/c1-10-4-6-13(12(3)8-10)14-7-5-11(2)9-15(14)16(17,18)19;1-11-5-7-15(9-13(11)3)16-8-6-12(2)14(4)10-16;1-11-5-7-15(13(3)9-11)16-8-6-12(2)10-14(16)4;1-12-3-7-14(8-4-12)11-15-9-5-13(2)6-10-15;1-11-3-7-13(8-4-11)15-14-9-5-12(2)6-10-14;1-7-10(3,4)9-11(5,6)8-2;1-7-3-5-8(2)6-4-7;1-7-4-3-5-8(2)6-7;1-5-3-4-6(2)7-5/h4-9H,1-3H3;2*5-10H,1-4H3;3-10H,11H2,1-2H3;3-10H,1-2H3;7-8H2,1-6H3;2*3-6H,1-2H3;3H,4H2,1-2H3. The highest BCUT2D eigenvalue weighted by molar-refractivity contribution is 6.84. The highest BCUT2D eigenvalue weighted by Gasteiger charge is 2.34. The summed E-state index contributed by atoms with van der Waals surface area (Å²) in [7, 11) is -2.54. The van der Waals surface area contributed by atoms with Crippen molar-refractivity contribution in [3.05, 3.63) is 389 Å². The van der Waals surface area contributed by atoms with Crippen LogP contribution in [0.4, 0.5) is 13.2 Å². The average molecular weight is 1580 g/mol. The maximum atomic E-state index is 13.1. The first-order valence-corrected chi connectivity index (χ1v) is 46.8. The summed E-state index contributed by atoms with van der Waals surface area (Å²) < 4.78 is 51.3. The van der Waals surface area contributed by atoms with E-state index in [9.17, 15) is 13.2 Å². The molecule has 0 radical (unpaired) electrons. The number of alkyl halides is 3. The van der Waals surface area contributed by atoms with Gasteiger partial charge in [-0.05, 0) is 304 Å². The number of hydrogen-bond donors (Lipinski definition) is 0. The van der Waals surface area contributed by atoms with Crippen LogP contribution in [0.3, 0.4) is 0 Å². The Hall–Kier alpha value is -9.97. The molecule has 0 atom stereocenters. The largest absolute Gasteiger partial charge is 0.457 e. The molecule has 0 aliphatic carbocycles. The summed E-state index contributed by atoms with van der Waals surface area (Å²) in [6.45, 7) is 57.3. The van der Waals surface area contributed by atoms with Gasteiger partial charge in [0.2, 0.25) is 0 Å². The van der Waals surface area contributed by atoms with E-state index in [0.717, 1.165) is 41.2 Å². The van der Waals surface area contributed by atoms with Gasteiger partial charge in [-0.2, -0.15) is 13.2 Å². The number of hydrogen-bond acceptors (Lipinski definition) is 3. The van der Waals surface area contributed by atoms with Gasteiger partial charge in [0, 0.05) is 17.8 Å². The summed E-state index contributed by atoms with van der Waals surface area (Å²) in [5, 5.41) is 0. The van der Waals surface area contributed by atoms with E-state index in [1.165, 1.54) is 146 Å². The van der Waals surface area contributed by atoms with Crippen LogP contribution in [0.15, 0.2) is 272 Å². The first-order valence-electron chi connectivity index (χ1n) is 40.6. The molecule has 3 nitrogen and oxygen atoms in total. The first kappa shape index (κ1) is 95.6. The van der Waals surface area contributed by atoms with Gasteiger partial charge in [0.15, 0.2) is 16.6 Å². The van der Waals surface area contributed by atoms with Crippen molar-refractivity contribution in [3.8, 4) is 44.9 Å². The average Bonchev–Trinajstić information content (AvgIpc) is 1.24. The molecule has 115 heavy (non-hydrogen) atoms. The van der Waals surface area contributed by atoms with Gasteiger partial charge < -0.3 is 8.85 Å². The zero-order valence-electron chi connectivity index (χ0n) is 74.6. The Bertz CT molecular complexity index is 4720. The molecule has 0 fully saturated rings. The Morgan fingerprint density at radius 3 is 0.870 bits per heavy atom. The molecule has 8 heteroatoms. The molecular formula is C107H132F3NO2Si2. The minimum atomic E-state index is -4.33. The Morgan fingerprint density at radius 2 is 0.600 bits per heavy atom. The molecule has 1 aliphatic rings. The van der Waals surface area contributed by atoms with Gasteiger partial charge >= 0.3 is 6.18 Å². The van der Waals surface area contributed by atoms with E-state index in [2.05, 4.69) is 332 Å². The topological polar surface area (TPSA) is 30.8 Å². The molecule has 1 heterocycles. The fourth-order valence-corrected chi connectivity index (χ4v) is 19.5. The van der Waals surface area contributed by atoms with Crippen molar-refractivity contribution < 1.29 is 22.0 Å². The third-order valence-corrected chi connectivity index (χ3v) is 28.0. The summed E-state index contributed by atoms with van der Waals surface area (Å²) in [5.41, 5.74) is 34.5. The van der Waals surface area contributed by atoms with Crippen LogP contribution in [-0.2, 0) is 16.7 Å². The third kappa shape index (κ3) is 35.4. The molecule has 0 spiro atoms. The van der Waals surface area contributed by atoms with E-state index in [-0.39, 0.29) is 5.56 Å². The highest BCUT2D eigenvalue weighted by Crippen LogP contribution is 2.39. The van der Waals surface area contributed by atoms with E-state index in [4.69, 9.17) is 8.85 Å². The van der Waals surface area contributed by atoms with Crippen molar-refractivity contribution in [2.45, 2.75) is 217 Å². The summed E-state index contributed by atoms with van der Waals surface area (Å²) in [5.74, 6) is 1.76. The summed E-state index contributed by atoms with van der Waals surface area (Å²) in [4.78, 5) is 4.17. The van der Waals surface area contributed by atoms with Crippen LogP contribution < -0.4 is 4.74 Å². The van der Waals surface area contributed by atoms with Crippen molar-refractivity contribution in [2.75, 3.05) is 0 Å². The number of allylic oxidation sites excluding steroid dienone is 2. The molecule has 0 aromatic heterocycles. The van der Waals surface area contributed by atoms with Crippen LogP contribution >= 0.6 is 0 Å². The maximum absolute atomic E-state index is 13.1. The lowest BCUT2D eigenvalue weighted by Crippen LogP contribution is -2.43. The maximum Gasteiger partial charge on any atom is 0.417 e. The highest BCUT2D eigenvalue weighted by atomic mass is 28.4. The van der Waals surface area contributed by atoms with Crippen molar-refractivity contribution in [1.82, 2.24) is 0 Å². The molecule has 12 aromatic carbocycles. The molecule has 13 rings (SSSR count).